The van der Waals surface area contributed by atoms with Crippen LogP contribution in [0.4, 0.5) is 5.82 Å². The van der Waals surface area contributed by atoms with Crippen LogP contribution in [0.25, 0.3) is 5.65 Å². The highest BCUT2D eigenvalue weighted by molar-refractivity contribution is 5.53. The molecule has 2 aliphatic rings. The van der Waals surface area contributed by atoms with Crippen LogP contribution in [0.3, 0.4) is 0 Å². The lowest BCUT2D eigenvalue weighted by atomic mass is 9.91. The third-order valence-corrected chi connectivity index (χ3v) is 6.18. The van der Waals surface area contributed by atoms with Gasteiger partial charge in [0.1, 0.15) is 11.5 Å². The van der Waals surface area contributed by atoms with Gasteiger partial charge >= 0.3 is 0 Å². The van der Waals surface area contributed by atoms with Crippen LogP contribution >= 0.6 is 0 Å². The Balaban J connectivity index is 1.40. The minimum Gasteiger partial charge on any atom is -0.356 e. The molecule has 0 bridgehead atoms. The van der Waals surface area contributed by atoms with E-state index in [9.17, 15) is 0 Å². The second kappa shape index (κ2) is 7.18. The van der Waals surface area contributed by atoms with Crippen LogP contribution in [0.15, 0.2) is 42.7 Å². The van der Waals surface area contributed by atoms with Crippen molar-refractivity contribution in [3.8, 4) is 0 Å². The van der Waals surface area contributed by atoms with E-state index >= 15 is 0 Å². The molecular weight excluding hydrogens is 348 g/mol. The van der Waals surface area contributed by atoms with Gasteiger partial charge in [0.15, 0.2) is 0 Å². The number of aryl methyl sites for hydroxylation is 1. The predicted octanol–water partition coefficient (Wildman–Crippen LogP) is 2.78. The molecule has 3 aromatic rings. The molecule has 146 valence electrons. The van der Waals surface area contributed by atoms with Gasteiger partial charge < -0.3 is 10.6 Å². The molecule has 2 N–H and O–H groups in total. The Morgan fingerprint density at radius 2 is 2.14 bits per heavy atom. The highest BCUT2D eigenvalue weighted by atomic mass is 15.3. The summed E-state index contributed by atoms with van der Waals surface area (Å²) < 4.78 is 2.22. The highest BCUT2D eigenvalue weighted by Gasteiger charge is 2.26. The maximum atomic E-state index is 6.12. The van der Waals surface area contributed by atoms with Crippen molar-refractivity contribution in [3.63, 3.8) is 0 Å². The van der Waals surface area contributed by atoms with Gasteiger partial charge in [-0.3, -0.25) is 14.3 Å². The number of aromatic nitrogens is 3. The summed E-state index contributed by atoms with van der Waals surface area (Å²) in [6.07, 6.45) is 8.68. The molecule has 2 atom stereocenters. The number of pyridine rings is 2. The Kier molecular flexibility index (Phi) is 4.53. The lowest BCUT2D eigenvalue weighted by Gasteiger charge is -2.31. The van der Waals surface area contributed by atoms with Crippen LogP contribution in [0.1, 0.15) is 42.3 Å². The summed E-state index contributed by atoms with van der Waals surface area (Å²) in [6, 6.07) is 11.3. The first-order valence-electron chi connectivity index (χ1n) is 10.3. The Morgan fingerprint density at radius 1 is 1.21 bits per heavy atom. The summed E-state index contributed by atoms with van der Waals surface area (Å²) in [7, 11) is 2.19. The molecule has 1 fully saturated rings. The minimum atomic E-state index is 0.267. The number of fused-ring (bicyclic) bond motifs is 2. The summed E-state index contributed by atoms with van der Waals surface area (Å²) >= 11 is 0. The summed E-state index contributed by atoms with van der Waals surface area (Å²) in [5, 5.41) is 0. The molecule has 6 nitrogen and oxygen atoms in total. The van der Waals surface area contributed by atoms with E-state index in [2.05, 4.69) is 57.8 Å². The first-order valence-corrected chi connectivity index (χ1v) is 10.3. The zero-order valence-electron chi connectivity index (χ0n) is 16.5. The van der Waals surface area contributed by atoms with Gasteiger partial charge in [-0.05, 0) is 56.5 Å². The smallest absolute Gasteiger partial charge is 0.138 e. The van der Waals surface area contributed by atoms with Gasteiger partial charge in [-0.1, -0.05) is 12.1 Å². The predicted molar refractivity (Wildman–Crippen MR) is 111 cm³/mol. The van der Waals surface area contributed by atoms with E-state index in [4.69, 9.17) is 15.7 Å². The van der Waals surface area contributed by atoms with Crippen LogP contribution in [0, 0.1) is 0 Å². The third-order valence-electron chi connectivity index (χ3n) is 6.18. The Morgan fingerprint density at radius 3 is 3.00 bits per heavy atom. The molecule has 1 aliphatic heterocycles. The maximum absolute atomic E-state index is 6.12. The Hall–Kier alpha value is -2.44. The van der Waals surface area contributed by atoms with Crippen molar-refractivity contribution < 1.29 is 0 Å². The van der Waals surface area contributed by atoms with E-state index in [1.54, 1.807) is 0 Å². The first kappa shape index (κ1) is 17.6. The molecule has 3 aromatic heterocycles. The SMILES string of the molecule is CN(Cc1cn2c(N3CC[C@@H](N)C3)cccc2n1)C1CCCc2cccnc21. The molecule has 1 aliphatic carbocycles. The second-order valence-corrected chi connectivity index (χ2v) is 8.21. The zero-order chi connectivity index (χ0) is 19.1. The van der Waals surface area contributed by atoms with E-state index in [1.807, 2.05) is 6.20 Å². The molecular formula is C22H28N6. The number of anilines is 1. The minimum absolute atomic E-state index is 0.267. The maximum Gasteiger partial charge on any atom is 0.138 e. The van der Waals surface area contributed by atoms with Crippen molar-refractivity contribution in [1.29, 1.82) is 0 Å². The molecule has 4 heterocycles. The van der Waals surface area contributed by atoms with Gasteiger partial charge in [-0.15, -0.1) is 0 Å². The molecule has 28 heavy (non-hydrogen) atoms. The summed E-state index contributed by atoms with van der Waals surface area (Å²) in [5.74, 6) is 1.19. The van der Waals surface area contributed by atoms with E-state index in [0.29, 0.717) is 6.04 Å². The van der Waals surface area contributed by atoms with Gasteiger partial charge in [0.05, 0.1) is 17.4 Å². The molecule has 1 unspecified atom stereocenters. The number of nitrogens with zero attached hydrogens (tertiary/aromatic N) is 5. The van der Waals surface area contributed by atoms with Crippen molar-refractivity contribution in [2.45, 2.75) is 44.3 Å². The molecule has 6 heteroatoms. The fourth-order valence-electron chi connectivity index (χ4n) is 4.76. The van der Waals surface area contributed by atoms with Crippen molar-refractivity contribution in [2.24, 2.45) is 5.73 Å². The summed E-state index contributed by atoms with van der Waals surface area (Å²) in [4.78, 5) is 14.4. The Labute approximate surface area is 166 Å². The molecule has 0 spiro atoms. The van der Waals surface area contributed by atoms with E-state index in [-0.39, 0.29) is 6.04 Å². The van der Waals surface area contributed by atoms with Gasteiger partial charge in [-0.25, -0.2) is 4.98 Å². The van der Waals surface area contributed by atoms with Crippen molar-refractivity contribution in [1.82, 2.24) is 19.3 Å². The largest absolute Gasteiger partial charge is 0.356 e. The average molecular weight is 377 g/mol. The van der Waals surface area contributed by atoms with Crippen LogP contribution in [0.2, 0.25) is 0 Å². The number of hydrogen-bond acceptors (Lipinski definition) is 5. The molecule has 0 saturated carbocycles. The number of hydrogen-bond donors (Lipinski definition) is 1. The lowest BCUT2D eigenvalue weighted by molar-refractivity contribution is 0.206. The van der Waals surface area contributed by atoms with Gasteiger partial charge in [0, 0.05) is 38.1 Å². The quantitative estimate of drug-likeness (QED) is 0.759. The molecule has 0 radical (unpaired) electrons. The zero-order valence-corrected chi connectivity index (χ0v) is 16.5. The summed E-state index contributed by atoms with van der Waals surface area (Å²) in [6.45, 7) is 2.75. The second-order valence-electron chi connectivity index (χ2n) is 8.21. The van der Waals surface area contributed by atoms with Gasteiger partial charge in [-0.2, -0.15) is 0 Å². The topological polar surface area (TPSA) is 62.7 Å². The number of imidazole rings is 1. The van der Waals surface area contributed by atoms with E-state index in [1.165, 1.54) is 23.5 Å². The van der Waals surface area contributed by atoms with Crippen LogP contribution < -0.4 is 10.6 Å². The van der Waals surface area contributed by atoms with Crippen molar-refractivity contribution in [3.05, 3.63) is 59.7 Å². The normalized spacial score (nSPS) is 22.2. The standard InChI is InChI=1S/C22H28N6/c1-26(19-7-2-5-16-6-4-11-24-22(16)19)14-18-15-28-20(25-18)8-3-9-21(28)27-12-10-17(23)13-27/h3-4,6,8-9,11,15,17,19H,2,5,7,10,12-14,23H2,1H3/t17-,19?/m1/s1. The van der Waals surface area contributed by atoms with Crippen molar-refractivity contribution >= 4 is 11.5 Å². The first-order chi connectivity index (χ1) is 13.7. The monoisotopic (exact) mass is 376 g/mol. The number of rotatable bonds is 4. The molecule has 0 aromatic carbocycles. The molecule has 5 rings (SSSR count). The van der Waals surface area contributed by atoms with Gasteiger partial charge in [0.2, 0.25) is 0 Å². The fourth-order valence-corrected chi connectivity index (χ4v) is 4.76. The van der Waals surface area contributed by atoms with E-state index in [0.717, 1.165) is 50.2 Å². The fraction of sp³-hybridized carbons (Fsp3) is 0.455. The van der Waals surface area contributed by atoms with Crippen LogP contribution in [-0.4, -0.2) is 45.4 Å². The highest BCUT2D eigenvalue weighted by Crippen LogP contribution is 2.32. The lowest BCUT2D eigenvalue weighted by Crippen LogP contribution is -2.28. The third kappa shape index (κ3) is 3.16. The average Bonchev–Trinajstić information content (AvgIpc) is 3.32. The molecule has 0 amide bonds. The van der Waals surface area contributed by atoms with Gasteiger partial charge in [0.25, 0.3) is 0 Å². The molecule has 1 saturated heterocycles. The van der Waals surface area contributed by atoms with Crippen LogP contribution in [-0.2, 0) is 13.0 Å². The van der Waals surface area contributed by atoms with Crippen LogP contribution in [0.5, 0.6) is 0 Å². The van der Waals surface area contributed by atoms with E-state index < -0.39 is 0 Å². The van der Waals surface area contributed by atoms with Crippen molar-refractivity contribution in [2.75, 3.05) is 25.0 Å². The Bertz CT molecular complexity index is 980. The summed E-state index contributed by atoms with van der Waals surface area (Å²) in [5.41, 5.74) is 10.9. The number of nitrogens with two attached hydrogens (primary N) is 1.